The summed E-state index contributed by atoms with van der Waals surface area (Å²) in [5.41, 5.74) is 5.26. The Labute approximate surface area is 177 Å². The maximum absolute atomic E-state index is 12.5. The van der Waals surface area contributed by atoms with E-state index in [0.29, 0.717) is 21.9 Å². The molecule has 0 bridgehead atoms. The van der Waals surface area contributed by atoms with Gasteiger partial charge in [0, 0.05) is 10.7 Å². The SMILES string of the molecule is Cc1cc(SCC(=O)Nc2cccc(Cl)c2C)n2c(nc3ccccc32)c1C#N. The molecule has 7 heteroatoms. The second-order valence-electron chi connectivity index (χ2n) is 6.66. The Hall–Kier alpha value is -3.01. The molecule has 4 rings (SSSR count). The van der Waals surface area contributed by atoms with Crippen LogP contribution in [0.2, 0.25) is 5.02 Å². The number of fused-ring (bicyclic) bond motifs is 3. The van der Waals surface area contributed by atoms with E-state index in [1.807, 2.05) is 60.7 Å². The largest absolute Gasteiger partial charge is 0.325 e. The Kier molecular flexibility index (Phi) is 5.18. The van der Waals surface area contributed by atoms with Gasteiger partial charge in [0.25, 0.3) is 0 Å². The van der Waals surface area contributed by atoms with E-state index in [0.717, 1.165) is 27.2 Å². The van der Waals surface area contributed by atoms with Gasteiger partial charge in [-0.3, -0.25) is 9.20 Å². The molecular formula is C22H17ClN4OS. The number of para-hydroxylation sites is 2. The van der Waals surface area contributed by atoms with Gasteiger partial charge in [0.15, 0.2) is 5.65 Å². The van der Waals surface area contributed by atoms with Crippen molar-refractivity contribution in [2.75, 3.05) is 11.1 Å². The standard InChI is InChI=1S/C22H17ClN4OS/c1-13-10-21(29-12-20(28)25-17-8-5-6-16(23)14(17)2)27-19-9-4-3-7-18(19)26-22(27)15(13)11-24/h3-10H,12H2,1-2H3,(H,25,28). The highest BCUT2D eigenvalue weighted by molar-refractivity contribution is 7.99. The highest BCUT2D eigenvalue weighted by Gasteiger charge is 2.16. The topological polar surface area (TPSA) is 70.2 Å². The molecule has 29 heavy (non-hydrogen) atoms. The zero-order valence-electron chi connectivity index (χ0n) is 15.9. The first kappa shape index (κ1) is 19.3. The molecule has 0 saturated carbocycles. The van der Waals surface area contributed by atoms with Crippen LogP contribution in [-0.4, -0.2) is 21.0 Å². The summed E-state index contributed by atoms with van der Waals surface area (Å²) in [4.78, 5) is 17.2. The summed E-state index contributed by atoms with van der Waals surface area (Å²) in [5.74, 6) is 0.0961. The van der Waals surface area contributed by atoms with Crippen molar-refractivity contribution in [2.45, 2.75) is 18.9 Å². The number of pyridine rings is 1. The number of nitriles is 1. The van der Waals surface area contributed by atoms with Crippen LogP contribution in [0.1, 0.15) is 16.7 Å². The number of hydrogen-bond acceptors (Lipinski definition) is 4. The Balaban J connectivity index is 1.67. The van der Waals surface area contributed by atoms with Gasteiger partial charge in [-0.2, -0.15) is 5.26 Å². The number of rotatable bonds is 4. The molecule has 2 heterocycles. The summed E-state index contributed by atoms with van der Waals surface area (Å²) in [5, 5.41) is 14.0. The monoisotopic (exact) mass is 420 g/mol. The van der Waals surface area contributed by atoms with Crippen molar-refractivity contribution in [3.8, 4) is 6.07 Å². The van der Waals surface area contributed by atoms with Crippen LogP contribution in [0.15, 0.2) is 53.6 Å². The lowest BCUT2D eigenvalue weighted by Crippen LogP contribution is -2.15. The van der Waals surface area contributed by atoms with Crippen molar-refractivity contribution in [1.82, 2.24) is 9.38 Å². The van der Waals surface area contributed by atoms with E-state index < -0.39 is 0 Å². The average molecular weight is 421 g/mol. The van der Waals surface area contributed by atoms with Crippen molar-refractivity contribution in [1.29, 1.82) is 5.26 Å². The molecule has 4 aromatic rings. The second-order valence-corrected chi connectivity index (χ2v) is 8.06. The van der Waals surface area contributed by atoms with Crippen molar-refractivity contribution in [3.05, 3.63) is 70.2 Å². The van der Waals surface area contributed by atoms with Gasteiger partial charge in [-0.1, -0.05) is 41.6 Å². The van der Waals surface area contributed by atoms with E-state index >= 15 is 0 Å². The maximum atomic E-state index is 12.5. The molecule has 0 saturated heterocycles. The number of hydrogen-bond donors (Lipinski definition) is 1. The molecule has 0 aliphatic carbocycles. The zero-order valence-corrected chi connectivity index (χ0v) is 17.4. The first-order valence-electron chi connectivity index (χ1n) is 8.98. The number of nitrogens with one attached hydrogen (secondary N) is 1. The predicted octanol–water partition coefficient (Wildman–Crippen LogP) is 5.36. The number of thioether (sulfide) groups is 1. The minimum Gasteiger partial charge on any atom is -0.325 e. The molecule has 0 fully saturated rings. The summed E-state index contributed by atoms with van der Waals surface area (Å²) >= 11 is 7.54. The van der Waals surface area contributed by atoms with E-state index in [2.05, 4.69) is 16.4 Å². The number of anilines is 1. The first-order valence-corrected chi connectivity index (χ1v) is 10.3. The number of nitrogens with zero attached hydrogens (tertiary/aromatic N) is 3. The highest BCUT2D eigenvalue weighted by Crippen LogP contribution is 2.30. The van der Waals surface area contributed by atoms with Gasteiger partial charge >= 0.3 is 0 Å². The normalized spacial score (nSPS) is 11.0. The Bertz CT molecular complexity index is 1310. The van der Waals surface area contributed by atoms with Crippen molar-refractivity contribution >= 4 is 51.6 Å². The van der Waals surface area contributed by atoms with E-state index in [9.17, 15) is 10.1 Å². The van der Waals surface area contributed by atoms with Crippen LogP contribution in [0, 0.1) is 25.2 Å². The Morgan fingerprint density at radius 1 is 1.24 bits per heavy atom. The van der Waals surface area contributed by atoms with Crippen molar-refractivity contribution in [2.24, 2.45) is 0 Å². The Morgan fingerprint density at radius 3 is 2.83 bits per heavy atom. The van der Waals surface area contributed by atoms with E-state index in [1.54, 1.807) is 6.07 Å². The van der Waals surface area contributed by atoms with Crippen LogP contribution in [-0.2, 0) is 4.79 Å². The van der Waals surface area contributed by atoms with Gasteiger partial charge in [0.1, 0.15) is 6.07 Å². The summed E-state index contributed by atoms with van der Waals surface area (Å²) < 4.78 is 1.95. The van der Waals surface area contributed by atoms with Gasteiger partial charge < -0.3 is 5.32 Å². The van der Waals surface area contributed by atoms with Crippen molar-refractivity contribution in [3.63, 3.8) is 0 Å². The average Bonchev–Trinajstić information content (AvgIpc) is 3.09. The fourth-order valence-corrected chi connectivity index (χ4v) is 4.33. The van der Waals surface area contributed by atoms with Gasteiger partial charge in [-0.15, -0.1) is 0 Å². The molecule has 144 valence electrons. The summed E-state index contributed by atoms with van der Waals surface area (Å²) in [7, 11) is 0. The fraction of sp³-hybridized carbons (Fsp3) is 0.136. The number of carbonyl (C=O) groups excluding carboxylic acids is 1. The summed E-state index contributed by atoms with van der Waals surface area (Å²) in [6.07, 6.45) is 0. The quantitative estimate of drug-likeness (QED) is 0.451. The lowest BCUT2D eigenvalue weighted by molar-refractivity contribution is -0.113. The minimum atomic E-state index is -0.125. The molecule has 0 aliphatic rings. The van der Waals surface area contributed by atoms with Crippen LogP contribution in [0.25, 0.3) is 16.7 Å². The van der Waals surface area contributed by atoms with E-state index in [-0.39, 0.29) is 11.7 Å². The van der Waals surface area contributed by atoms with Crippen LogP contribution < -0.4 is 5.32 Å². The van der Waals surface area contributed by atoms with E-state index in [1.165, 1.54) is 11.8 Å². The smallest absolute Gasteiger partial charge is 0.234 e. The molecule has 2 aromatic carbocycles. The number of carbonyl (C=O) groups is 1. The molecule has 0 unspecified atom stereocenters. The molecule has 0 spiro atoms. The van der Waals surface area contributed by atoms with E-state index in [4.69, 9.17) is 11.6 Å². The third kappa shape index (κ3) is 3.55. The van der Waals surface area contributed by atoms with Crippen LogP contribution in [0.3, 0.4) is 0 Å². The fourth-order valence-electron chi connectivity index (χ4n) is 3.23. The third-order valence-electron chi connectivity index (χ3n) is 4.74. The number of halogens is 1. The minimum absolute atomic E-state index is 0.125. The van der Waals surface area contributed by atoms with Crippen LogP contribution in [0.5, 0.6) is 0 Å². The molecule has 1 amide bonds. The molecular weight excluding hydrogens is 404 g/mol. The molecule has 1 N–H and O–H groups in total. The molecule has 0 atom stereocenters. The van der Waals surface area contributed by atoms with Gasteiger partial charge in [-0.05, 0) is 55.3 Å². The van der Waals surface area contributed by atoms with Crippen LogP contribution >= 0.6 is 23.4 Å². The molecule has 2 aromatic heterocycles. The second kappa shape index (κ2) is 7.78. The number of aromatic nitrogens is 2. The summed E-state index contributed by atoms with van der Waals surface area (Å²) in [6.45, 7) is 3.76. The number of aryl methyl sites for hydroxylation is 1. The Morgan fingerprint density at radius 2 is 2.03 bits per heavy atom. The van der Waals surface area contributed by atoms with Gasteiger partial charge in [0.2, 0.25) is 5.91 Å². The maximum Gasteiger partial charge on any atom is 0.234 e. The third-order valence-corrected chi connectivity index (χ3v) is 6.16. The summed E-state index contributed by atoms with van der Waals surface area (Å²) in [6, 6.07) is 17.4. The van der Waals surface area contributed by atoms with Gasteiger partial charge in [0.05, 0.1) is 27.4 Å². The van der Waals surface area contributed by atoms with Crippen molar-refractivity contribution < 1.29 is 4.79 Å². The lowest BCUT2D eigenvalue weighted by Gasteiger charge is -2.11. The predicted molar refractivity (Wildman–Crippen MR) is 118 cm³/mol. The van der Waals surface area contributed by atoms with Gasteiger partial charge in [-0.25, -0.2) is 4.98 Å². The zero-order chi connectivity index (χ0) is 20.5. The molecule has 0 radical (unpaired) electrons. The first-order chi connectivity index (χ1) is 14.0. The number of benzene rings is 2. The van der Waals surface area contributed by atoms with Crippen LogP contribution in [0.4, 0.5) is 5.69 Å². The molecule has 5 nitrogen and oxygen atoms in total. The number of amides is 1. The molecule has 0 aliphatic heterocycles. The lowest BCUT2D eigenvalue weighted by atomic mass is 10.2. The number of imidazole rings is 1. The highest BCUT2D eigenvalue weighted by atomic mass is 35.5.